The molecule has 3 rings (SSSR count). The van der Waals surface area contributed by atoms with Crippen LogP contribution in [0.4, 0.5) is 5.69 Å². The second kappa shape index (κ2) is 3.87. The Balaban J connectivity index is 1.96. The molecule has 1 saturated heterocycles. The zero-order chi connectivity index (χ0) is 12.7. The number of aryl methyl sites for hydroxylation is 1. The first kappa shape index (κ1) is 10.8. The Morgan fingerprint density at radius 3 is 2.83 bits per heavy atom. The topological polar surface area (TPSA) is 54.3 Å². The maximum atomic E-state index is 11.4. The van der Waals surface area contributed by atoms with Crippen molar-refractivity contribution in [1.29, 1.82) is 0 Å². The molecule has 0 spiro atoms. The van der Waals surface area contributed by atoms with Gasteiger partial charge in [0.1, 0.15) is 0 Å². The largest absolute Gasteiger partial charge is 0.350 e. The van der Waals surface area contributed by atoms with E-state index in [1.165, 1.54) is 0 Å². The third-order valence-electron chi connectivity index (χ3n) is 3.24. The molecule has 1 aliphatic heterocycles. The van der Waals surface area contributed by atoms with Gasteiger partial charge in [0, 0.05) is 31.7 Å². The van der Waals surface area contributed by atoms with E-state index < -0.39 is 5.91 Å². The number of aromatic nitrogens is 1. The molecular weight excluding hydrogens is 230 g/mol. The minimum atomic E-state index is -0.534. The van der Waals surface area contributed by atoms with Crippen LogP contribution in [0.25, 0.3) is 10.9 Å². The minimum absolute atomic E-state index is 0.261. The molecule has 2 aromatic rings. The van der Waals surface area contributed by atoms with Crippen molar-refractivity contribution in [2.24, 2.45) is 7.05 Å². The van der Waals surface area contributed by atoms with Crippen molar-refractivity contribution in [3.8, 4) is 0 Å². The van der Waals surface area contributed by atoms with Gasteiger partial charge in [-0.1, -0.05) is 6.07 Å². The molecule has 5 nitrogen and oxygen atoms in total. The first-order chi connectivity index (χ1) is 8.65. The second-order valence-corrected chi connectivity index (χ2v) is 4.44. The van der Waals surface area contributed by atoms with E-state index in [4.69, 9.17) is 0 Å². The van der Waals surface area contributed by atoms with Gasteiger partial charge in [-0.2, -0.15) is 0 Å². The lowest BCUT2D eigenvalue weighted by Crippen LogP contribution is -2.51. The highest BCUT2D eigenvalue weighted by atomic mass is 16.2. The molecule has 1 amide bonds. The standard InChI is InChI=1S/C13H13N3O2/c1-15-6-4-9-2-3-10(8-11(9)15)16-7-5-12(17)13(18)14-16/h2-4,6,8H,5,7H2,1H3,(H,14,18). The number of amides is 1. The van der Waals surface area contributed by atoms with E-state index in [-0.39, 0.29) is 12.2 Å². The lowest BCUT2D eigenvalue weighted by Gasteiger charge is -2.28. The number of nitrogens with one attached hydrogen (secondary N) is 1. The van der Waals surface area contributed by atoms with Crippen LogP contribution in [0.15, 0.2) is 30.5 Å². The quantitative estimate of drug-likeness (QED) is 0.760. The number of Topliss-reactive ketones (excluding diaryl/α,β-unsaturated/α-hetero) is 1. The van der Waals surface area contributed by atoms with Gasteiger partial charge in [0.2, 0.25) is 5.78 Å². The van der Waals surface area contributed by atoms with E-state index in [0.717, 1.165) is 16.6 Å². The summed E-state index contributed by atoms with van der Waals surface area (Å²) in [6.07, 6.45) is 2.25. The van der Waals surface area contributed by atoms with Gasteiger partial charge in [-0.3, -0.25) is 20.0 Å². The SMILES string of the molecule is Cn1ccc2ccc(N3CCC(=O)C(=O)N3)cc21. The Kier molecular flexibility index (Phi) is 2.33. The number of rotatable bonds is 1. The summed E-state index contributed by atoms with van der Waals surface area (Å²) < 4.78 is 2.02. The smallest absolute Gasteiger partial charge is 0.305 e. The van der Waals surface area contributed by atoms with Crippen LogP contribution in [0.5, 0.6) is 0 Å². The first-order valence-electron chi connectivity index (χ1n) is 5.81. The molecular formula is C13H13N3O2. The highest BCUT2D eigenvalue weighted by Gasteiger charge is 2.24. The van der Waals surface area contributed by atoms with Crippen molar-refractivity contribution in [3.63, 3.8) is 0 Å². The van der Waals surface area contributed by atoms with Crippen molar-refractivity contribution < 1.29 is 9.59 Å². The maximum Gasteiger partial charge on any atom is 0.305 e. The minimum Gasteiger partial charge on any atom is -0.350 e. The number of carbonyl (C=O) groups is 2. The Labute approximate surface area is 104 Å². The van der Waals surface area contributed by atoms with Crippen LogP contribution in [0, 0.1) is 0 Å². The number of hydrazine groups is 1. The van der Waals surface area contributed by atoms with Crippen LogP contribution in [-0.4, -0.2) is 22.8 Å². The van der Waals surface area contributed by atoms with Crippen LogP contribution in [0.1, 0.15) is 6.42 Å². The van der Waals surface area contributed by atoms with Gasteiger partial charge >= 0.3 is 5.91 Å². The van der Waals surface area contributed by atoms with Crippen molar-refractivity contribution in [2.75, 3.05) is 11.6 Å². The van der Waals surface area contributed by atoms with Gasteiger partial charge in [0.15, 0.2) is 0 Å². The van der Waals surface area contributed by atoms with E-state index in [2.05, 4.69) is 5.43 Å². The zero-order valence-corrected chi connectivity index (χ0v) is 10.0. The molecule has 1 fully saturated rings. The molecule has 0 unspecified atom stereocenters. The molecule has 1 aromatic heterocycles. The van der Waals surface area contributed by atoms with Gasteiger partial charge in [0.05, 0.1) is 5.69 Å². The number of hydrogen-bond acceptors (Lipinski definition) is 3. The lowest BCUT2D eigenvalue weighted by molar-refractivity contribution is -0.139. The summed E-state index contributed by atoms with van der Waals surface area (Å²) in [5.41, 5.74) is 4.58. The highest BCUT2D eigenvalue weighted by molar-refractivity contribution is 6.37. The summed E-state index contributed by atoms with van der Waals surface area (Å²) in [4.78, 5) is 22.5. The Morgan fingerprint density at radius 1 is 1.22 bits per heavy atom. The molecule has 1 N–H and O–H groups in total. The molecule has 0 atom stereocenters. The molecule has 2 heterocycles. The molecule has 0 radical (unpaired) electrons. The summed E-state index contributed by atoms with van der Waals surface area (Å²) in [7, 11) is 1.98. The summed E-state index contributed by atoms with van der Waals surface area (Å²) in [5, 5.41) is 2.87. The summed E-state index contributed by atoms with van der Waals surface area (Å²) in [6, 6.07) is 7.99. The molecule has 5 heteroatoms. The maximum absolute atomic E-state index is 11.4. The highest BCUT2D eigenvalue weighted by Crippen LogP contribution is 2.22. The fourth-order valence-electron chi connectivity index (χ4n) is 2.18. The van der Waals surface area contributed by atoms with Crippen molar-refractivity contribution >= 4 is 28.3 Å². The Morgan fingerprint density at radius 2 is 2.06 bits per heavy atom. The normalized spacial score (nSPS) is 16.2. The molecule has 1 aliphatic rings. The van der Waals surface area contributed by atoms with Crippen molar-refractivity contribution in [3.05, 3.63) is 30.5 Å². The molecule has 1 aromatic carbocycles. The average molecular weight is 243 g/mol. The predicted octanol–water partition coefficient (Wildman–Crippen LogP) is 0.989. The number of carbonyl (C=O) groups excluding carboxylic acids is 2. The van der Waals surface area contributed by atoms with Gasteiger partial charge in [-0.05, 0) is 23.6 Å². The van der Waals surface area contributed by atoms with Crippen LogP contribution < -0.4 is 10.4 Å². The van der Waals surface area contributed by atoms with Crippen molar-refractivity contribution in [2.45, 2.75) is 6.42 Å². The Hall–Kier alpha value is -2.30. The average Bonchev–Trinajstić information content (AvgIpc) is 2.74. The monoisotopic (exact) mass is 243 g/mol. The van der Waals surface area contributed by atoms with Gasteiger partial charge in [-0.15, -0.1) is 0 Å². The summed E-state index contributed by atoms with van der Waals surface area (Å²) in [6.45, 7) is 0.514. The number of ketones is 1. The summed E-state index contributed by atoms with van der Waals surface area (Å²) in [5.74, 6) is -0.889. The van der Waals surface area contributed by atoms with E-state index in [9.17, 15) is 9.59 Å². The third-order valence-corrected chi connectivity index (χ3v) is 3.24. The first-order valence-corrected chi connectivity index (χ1v) is 5.81. The van der Waals surface area contributed by atoms with Crippen LogP contribution in [-0.2, 0) is 16.6 Å². The van der Waals surface area contributed by atoms with Gasteiger partial charge in [0.25, 0.3) is 0 Å². The molecule has 0 bridgehead atoms. The molecule has 18 heavy (non-hydrogen) atoms. The fraction of sp³-hybridized carbons (Fsp3) is 0.231. The van der Waals surface area contributed by atoms with E-state index in [0.29, 0.717) is 6.54 Å². The molecule has 0 saturated carbocycles. The number of benzene rings is 1. The number of nitrogens with zero attached hydrogens (tertiary/aromatic N) is 2. The Bertz CT molecular complexity index is 645. The number of anilines is 1. The van der Waals surface area contributed by atoms with E-state index >= 15 is 0 Å². The van der Waals surface area contributed by atoms with E-state index in [1.807, 2.05) is 42.1 Å². The van der Waals surface area contributed by atoms with E-state index in [1.54, 1.807) is 5.01 Å². The van der Waals surface area contributed by atoms with Crippen LogP contribution in [0.2, 0.25) is 0 Å². The molecule has 0 aliphatic carbocycles. The number of hydrogen-bond donors (Lipinski definition) is 1. The van der Waals surface area contributed by atoms with Crippen LogP contribution in [0.3, 0.4) is 0 Å². The van der Waals surface area contributed by atoms with Crippen molar-refractivity contribution in [1.82, 2.24) is 9.99 Å². The predicted molar refractivity (Wildman–Crippen MR) is 68.0 cm³/mol. The number of fused-ring (bicyclic) bond motifs is 1. The van der Waals surface area contributed by atoms with Crippen LogP contribution >= 0.6 is 0 Å². The third kappa shape index (κ3) is 1.64. The fourth-order valence-corrected chi connectivity index (χ4v) is 2.18. The molecule has 92 valence electrons. The second-order valence-electron chi connectivity index (χ2n) is 4.44. The summed E-state index contributed by atoms with van der Waals surface area (Å²) >= 11 is 0. The van der Waals surface area contributed by atoms with Gasteiger partial charge in [-0.25, -0.2) is 0 Å². The zero-order valence-electron chi connectivity index (χ0n) is 10.0. The lowest BCUT2D eigenvalue weighted by atomic mass is 10.2. The van der Waals surface area contributed by atoms with Gasteiger partial charge < -0.3 is 4.57 Å².